The molecule has 0 aliphatic heterocycles. The van der Waals surface area contributed by atoms with Gasteiger partial charge in [-0.25, -0.2) is 0 Å². The van der Waals surface area contributed by atoms with E-state index in [1.807, 2.05) is 11.8 Å². The van der Waals surface area contributed by atoms with Crippen molar-refractivity contribution in [3.63, 3.8) is 0 Å². The third kappa shape index (κ3) is 6.52. The van der Waals surface area contributed by atoms with E-state index in [1.165, 1.54) is 28.2 Å². The van der Waals surface area contributed by atoms with E-state index in [0.29, 0.717) is 11.8 Å². The molecule has 0 spiro atoms. The molecule has 2 unspecified atom stereocenters. The van der Waals surface area contributed by atoms with Crippen LogP contribution in [0.4, 0.5) is 0 Å². The molecular formula is C23H33NS. The Morgan fingerprint density at radius 3 is 2.12 bits per heavy atom. The quantitative estimate of drug-likeness (QED) is 0.509. The Bertz CT molecular complexity index is 591. The lowest BCUT2D eigenvalue weighted by Gasteiger charge is -2.25. The molecule has 0 saturated carbocycles. The van der Waals surface area contributed by atoms with Crippen LogP contribution in [0, 0.1) is 11.8 Å². The minimum Gasteiger partial charge on any atom is -0.317 e. The van der Waals surface area contributed by atoms with Crippen LogP contribution in [0.25, 0.3) is 0 Å². The Morgan fingerprint density at radius 1 is 0.880 bits per heavy atom. The van der Waals surface area contributed by atoms with Crippen LogP contribution in [0.3, 0.4) is 0 Å². The first-order chi connectivity index (χ1) is 12.1. The van der Waals surface area contributed by atoms with Crippen molar-refractivity contribution in [2.24, 2.45) is 11.8 Å². The van der Waals surface area contributed by atoms with E-state index in [-0.39, 0.29) is 0 Å². The van der Waals surface area contributed by atoms with Gasteiger partial charge in [0.05, 0.1) is 0 Å². The molecule has 1 N–H and O–H groups in total. The number of rotatable bonds is 10. The summed E-state index contributed by atoms with van der Waals surface area (Å²) in [6.45, 7) is 11.2. The number of thioether (sulfide) groups is 1. The lowest BCUT2D eigenvalue weighted by atomic mass is 9.81. The van der Waals surface area contributed by atoms with Crippen LogP contribution in [-0.2, 0) is 0 Å². The Hall–Kier alpha value is -1.25. The van der Waals surface area contributed by atoms with Crippen LogP contribution in [0.2, 0.25) is 0 Å². The van der Waals surface area contributed by atoms with Gasteiger partial charge in [0, 0.05) is 10.8 Å². The summed E-state index contributed by atoms with van der Waals surface area (Å²) in [5, 5.41) is 3.51. The average molecular weight is 356 g/mol. The number of benzene rings is 2. The molecule has 0 amide bonds. The van der Waals surface area contributed by atoms with Gasteiger partial charge in [-0.2, -0.15) is 0 Å². The Morgan fingerprint density at radius 2 is 1.52 bits per heavy atom. The molecular weight excluding hydrogens is 322 g/mol. The molecule has 2 aromatic rings. The van der Waals surface area contributed by atoms with Crippen LogP contribution in [0.5, 0.6) is 0 Å². The lowest BCUT2D eigenvalue weighted by Crippen LogP contribution is -2.25. The summed E-state index contributed by atoms with van der Waals surface area (Å²) in [7, 11) is 0. The Balaban J connectivity index is 2.14. The molecule has 0 aromatic heterocycles. The lowest BCUT2D eigenvalue weighted by molar-refractivity contribution is 0.472. The fourth-order valence-corrected chi connectivity index (χ4v) is 4.34. The van der Waals surface area contributed by atoms with Gasteiger partial charge in [-0.3, -0.25) is 0 Å². The van der Waals surface area contributed by atoms with Crippen molar-refractivity contribution in [3.8, 4) is 0 Å². The zero-order chi connectivity index (χ0) is 18.1. The molecule has 25 heavy (non-hydrogen) atoms. The van der Waals surface area contributed by atoms with Gasteiger partial charge < -0.3 is 5.32 Å². The van der Waals surface area contributed by atoms with E-state index >= 15 is 0 Å². The molecule has 0 bridgehead atoms. The van der Waals surface area contributed by atoms with E-state index in [4.69, 9.17) is 0 Å². The van der Waals surface area contributed by atoms with Crippen LogP contribution in [0.15, 0.2) is 59.5 Å². The maximum Gasteiger partial charge on any atom is 0.0127 e. The summed E-state index contributed by atoms with van der Waals surface area (Å²) in [6.07, 6.45) is 1.28. The highest BCUT2D eigenvalue weighted by Crippen LogP contribution is 2.33. The molecule has 0 saturated heterocycles. The van der Waals surface area contributed by atoms with Crippen molar-refractivity contribution in [1.82, 2.24) is 5.32 Å². The zero-order valence-electron chi connectivity index (χ0n) is 16.2. The summed E-state index contributed by atoms with van der Waals surface area (Å²) >= 11 is 1.97. The molecule has 1 nitrogen and oxygen atoms in total. The number of nitrogens with one attached hydrogen (secondary N) is 1. The number of hydrogen-bond acceptors (Lipinski definition) is 2. The third-order valence-corrected chi connectivity index (χ3v) is 5.69. The summed E-state index contributed by atoms with van der Waals surface area (Å²) in [4.78, 5) is 1.38. The SMILES string of the molecule is CCNCC(C)C(c1ccccc1)c1ccc(SCCC(C)C)cc1. The fraction of sp³-hybridized carbons (Fsp3) is 0.478. The van der Waals surface area contributed by atoms with Crippen LogP contribution < -0.4 is 5.32 Å². The smallest absolute Gasteiger partial charge is 0.0127 e. The van der Waals surface area contributed by atoms with E-state index in [1.54, 1.807) is 0 Å². The topological polar surface area (TPSA) is 12.0 Å². The first kappa shape index (κ1) is 20.1. The van der Waals surface area contributed by atoms with E-state index < -0.39 is 0 Å². The second-order valence-electron chi connectivity index (χ2n) is 7.27. The molecule has 0 aliphatic rings. The summed E-state index contributed by atoms with van der Waals surface area (Å²) in [6, 6.07) is 20.2. The first-order valence-corrected chi connectivity index (χ1v) is 10.6. The van der Waals surface area contributed by atoms with Gasteiger partial charge in [0.25, 0.3) is 0 Å². The van der Waals surface area contributed by atoms with Crippen molar-refractivity contribution in [1.29, 1.82) is 0 Å². The molecule has 0 fully saturated rings. The van der Waals surface area contributed by atoms with Gasteiger partial charge in [-0.15, -0.1) is 11.8 Å². The normalized spacial score (nSPS) is 13.8. The molecule has 0 heterocycles. The van der Waals surface area contributed by atoms with Gasteiger partial charge in [0.1, 0.15) is 0 Å². The highest BCUT2D eigenvalue weighted by Gasteiger charge is 2.21. The van der Waals surface area contributed by atoms with Crippen molar-refractivity contribution in [2.45, 2.75) is 44.9 Å². The maximum absolute atomic E-state index is 3.51. The zero-order valence-corrected chi connectivity index (χ0v) is 17.0. The standard InChI is InChI=1S/C23H33NS/c1-5-24-17-19(4)23(20-9-7-6-8-10-20)21-11-13-22(14-12-21)25-16-15-18(2)3/h6-14,18-19,23-24H,5,15-17H2,1-4H3. The molecule has 0 aliphatic carbocycles. The third-order valence-electron chi connectivity index (χ3n) is 4.65. The van der Waals surface area contributed by atoms with Gasteiger partial charge in [-0.05, 0) is 60.4 Å². The second-order valence-corrected chi connectivity index (χ2v) is 8.44. The van der Waals surface area contributed by atoms with E-state index in [9.17, 15) is 0 Å². The highest BCUT2D eigenvalue weighted by molar-refractivity contribution is 7.99. The second kappa shape index (κ2) is 10.7. The number of hydrogen-bond donors (Lipinski definition) is 1. The average Bonchev–Trinajstić information content (AvgIpc) is 2.62. The van der Waals surface area contributed by atoms with Crippen molar-refractivity contribution in [3.05, 3.63) is 65.7 Å². The van der Waals surface area contributed by atoms with Crippen LogP contribution in [-0.4, -0.2) is 18.8 Å². The maximum atomic E-state index is 3.51. The molecule has 2 rings (SSSR count). The Labute approximate surface area is 158 Å². The van der Waals surface area contributed by atoms with Crippen molar-refractivity contribution in [2.75, 3.05) is 18.8 Å². The minimum atomic E-state index is 0.440. The summed E-state index contributed by atoms with van der Waals surface area (Å²) < 4.78 is 0. The molecule has 2 atom stereocenters. The van der Waals surface area contributed by atoms with Gasteiger partial charge in [0.15, 0.2) is 0 Å². The van der Waals surface area contributed by atoms with Gasteiger partial charge in [0.2, 0.25) is 0 Å². The summed E-state index contributed by atoms with van der Waals surface area (Å²) in [5.41, 5.74) is 2.83. The van der Waals surface area contributed by atoms with Crippen LogP contribution in [0.1, 0.15) is 51.2 Å². The van der Waals surface area contributed by atoms with Crippen LogP contribution >= 0.6 is 11.8 Å². The van der Waals surface area contributed by atoms with Gasteiger partial charge >= 0.3 is 0 Å². The Kier molecular flexibility index (Phi) is 8.57. The first-order valence-electron chi connectivity index (χ1n) is 9.60. The fourth-order valence-electron chi connectivity index (χ4n) is 3.18. The van der Waals surface area contributed by atoms with Gasteiger partial charge in [-0.1, -0.05) is 70.2 Å². The predicted octanol–water partition coefficient (Wildman–Crippen LogP) is 6.20. The molecule has 0 radical (unpaired) electrons. The molecule has 2 aromatic carbocycles. The van der Waals surface area contributed by atoms with E-state index in [0.717, 1.165) is 19.0 Å². The minimum absolute atomic E-state index is 0.440. The van der Waals surface area contributed by atoms with Crippen molar-refractivity contribution < 1.29 is 0 Å². The molecule has 136 valence electrons. The predicted molar refractivity (Wildman–Crippen MR) is 113 cm³/mol. The largest absolute Gasteiger partial charge is 0.317 e. The van der Waals surface area contributed by atoms with E-state index in [2.05, 4.69) is 87.6 Å². The van der Waals surface area contributed by atoms with Crippen molar-refractivity contribution >= 4 is 11.8 Å². The molecule has 2 heteroatoms. The monoisotopic (exact) mass is 355 g/mol. The summed E-state index contributed by atoms with van der Waals surface area (Å²) in [5.74, 6) is 2.98. The highest BCUT2D eigenvalue weighted by atomic mass is 32.2.